The van der Waals surface area contributed by atoms with Crippen LogP contribution in [0.15, 0.2) is 58.0 Å². The summed E-state index contributed by atoms with van der Waals surface area (Å²) in [7, 11) is 1.29. The highest BCUT2D eigenvalue weighted by Gasteiger charge is 2.11. The topological polar surface area (TPSA) is 90.1 Å². The minimum atomic E-state index is -0.475. The summed E-state index contributed by atoms with van der Waals surface area (Å²) in [6, 6.07) is 13.5. The highest BCUT2D eigenvalue weighted by Crippen LogP contribution is 2.22. The van der Waals surface area contributed by atoms with Crippen molar-refractivity contribution in [3.05, 3.63) is 64.9 Å². The summed E-state index contributed by atoms with van der Waals surface area (Å²) in [6.07, 6.45) is 1.47. The van der Waals surface area contributed by atoms with Gasteiger partial charge in [0.15, 0.2) is 12.4 Å². The molecule has 0 unspecified atom stereocenters. The fourth-order valence-corrected chi connectivity index (χ4v) is 2.38. The van der Waals surface area contributed by atoms with E-state index in [4.69, 9.17) is 20.8 Å². The zero-order valence-electron chi connectivity index (χ0n) is 14.3. The van der Waals surface area contributed by atoms with Crippen molar-refractivity contribution in [2.75, 3.05) is 13.7 Å². The van der Waals surface area contributed by atoms with Gasteiger partial charge in [-0.3, -0.25) is 4.79 Å². The Morgan fingerprint density at radius 2 is 1.96 bits per heavy atom. The van der Waals surface area contributed by atoms with E-state index in [9.17, 15) is 9.59 Å². The molecule has 3 aromatic rings. The molecule has 0 spiro atoms. The van der Waals surface area contributed by atoms with Gasteiger partial charge < -0.3 is 13.9 Å². The Kier molecular flexibility index (Phi) is 5.73. The van der Waals surface area contributed by atoms with Gasteiger partial charge in [0.2, 0.25) is 0 Å². The third-order valence-electron chi connectivity index (χ3n) is 3.55. The standard InChI is InChI=1S/C19H15ClN2O5/c1-25-18(23)11-26-15-5-2-12(3-6-15)10-21-22-19(24)17-9-13-8-14(20)4-7-16(13)27-17/h2-10H,11H2,1H3,(H,22,24)/b21-10+. The molecule has 3 rings (SSSR count). The van der Waals surface area contributed by atoms with Crippen LogP contribution in [0.25, 0.3) is 11.0 Å². The lowest BCUT2D eigenvalue weighted by Crippen LogP contribution is -2.16. The van der Waals surface area contributed by atoms with Gasteiger partial charge >= 0.3 is 11.9 Å². The minimum absolute atomic E-state index is 0.135. The molecular formula is C19H15ClN2O5. The van der Waals surface area contributed by atoms with E-state index in [0.29, 0.717) is 16.4 Å². The smallest absolute Gasteiger partial charge is 0.343 e. The van der Waals surface area contributed by atoms with E-state index in [0.717, 1.165) is 10.9 Å². The molecule has 0 aliphatic heterocycles. The molecule has 1 amide bonds. The second-order valence-electron chi connectivity index (χ2n) is 5.43. The number of nitrogens with zero attached hydrogens (tertiary/aromatic N) is 1. The maximum atomic E-state index is 12.1. The van der Waals surface area contributed by atoms with Crippen molar-refractivity contribution >= 4 is 40.7 Å². The number of hydrazone groups is 1. The van der Waals surface area contributed by atoms with Crippen LogP contribution in [0.3, 0.4) is 0 Å². The van der Waals surface area contributed by atoms with E-state index in [1.54, 1.807) is 48.5 Å². The van der Waals surface area contributed by atoms with Crippen molar-refractivity contribution in [2.24, 2.45) is 5.10 Å². The summed E-state index contributed by atoms with van der Waals surface area (Å²) in [5.41, 5.74) is 3.70. The largest absolute Gasteiger partial charge is 0.482 e. The van der Waals surface area contributed by atoms with E-state index in [2.05, 4.69) is 15.3 Å². The Bertz CT molecular complexity index is 995. The Hall–Kier alpha value is -3.32. The van der Waals surface area contributed by atoms with Gasteiger partial charge in [-0.25, -0.2) is 10.2 Å². The SMILES string of the molecule is COC(=O)COc1ccc(/C=N/NC(=O)c2cc3cc(Cl)ccc3o2)cc1. The van der Waals surface area contributed by atoms with Gasteiger partial charge in [-0.15, -0.1) is 0 Å². The molecule has 0 fully saturated rings. The lowest BCUT2D eigenvalue weighted by atomic mass is 10.2. The third kappa shape index (κ3) is 4.86. The summed E-state index contributed by atoms with van der Waals surface area (Å²) < 4.78 is 15.2. The van der Waals surface area contributed by atoms with E-state index in [1.165, 1.54) is 13.3 Å². The van der Waals surface area contributed by atoms with Crippen molar-refractivity contribution in [2.45, 2.75) is 0 Å². The molecule has 0 saturated heterocycles. The Labute approximate surface area is 159 Å². The molecule has 0 aliphatic rings. The van der Waals surface area contributed by atoms with Crippen molar-refractivity contribution in [3.8, 4) is 5.75 Å². The lowest BCUT2D eigenvalue weighted by molar-refractivity contribution is -0.142. The molecule has 0 bridgehead atoms. The number of carbonyl (C=O) groups excluding carboxylic acids is 2. The number of rotatable bonds is 6. The number of esters is 1. The monoisotopic (exact) mass is 386 g/mol. The maximum Gasteiger partial charge on any atom is 0.343 e. The molecular weight excluding hydrogens is 372 g/mol. The van der Waals surface area contributed by atoms with Crippen LogP contribution >= 0.6 is 11.6 Å². The first-order valence-corrected chi connectivity index (χ1v) is 8.25. The number of methoxy groups -OCH3 is 1. The summed E-state index contributed by atoms with van der Waals surface area (Å²) in [5.74, 6) is -0.286. The number of hydrogen-bond acceptors (Lipinski definition) is 6. The van der Waals surface area contributed by atoms with Crippen molar-refractivity contribution in [1.82, 2.24) is 5.43 Å². The van der Waals surface area contributed by atoms with Crippen LogP contribution in [0.2, 0.25) is 5.02 Å². The number of nitrogens with one attached hydrogen (secondary N) is 1. The lowest BCUT2D eigenvalue weighted by Gasteiger charge is -2.04. The van der Waals surface area contributed by atoms with Gasteiger partial charge in [0.05, 0.1) is 13.3 Å². The highest BCUT2D eigenvalue weighted by molar-refractivity contribution is 6.31. The Balaban J connectivity index is 1.57. The second kappa shape index (κ2) is 8.37. The van der Waals surface area contributed by atoms with Gasteiger partial charge in [0.1, 0.15) is 11.3 Å². The summed E-state index contributed by atoms with van der Waals surface area (Å²) in [4.78, 5) is 23.1. The summed E-state index contributed by atoms with van der Waals surface area (Å²) >= 11 is 5.92. The normalized spacial score (nSPS) is 10.9. The average molecular weight is 387 g/mol. The average Bonchev–Trinajstić information content (AvgIpc) is 3.10. The van der Waals surface area contributed by atoms with Crippen molar-refractivity contribution in [3.63, 3.8) is 0 Å². The van der Waals surface area contributed by atoms with E-state index < -0.39 is 11.9 Å². The van der Waals surface area contributed by atoms with Crippen LogP contribution in [-0.4, -0.2) is 31.8 Å². The minimum Gasteiger partial charge on any atom is -0.482 e. The predicted octanol–water partition coefficient (Wildman–Crippen LogP) is 3.40. The van der Waals surface area contributed by atoms with Gasteiger partial charge in [-0.05, 0) is 54.1 Å². The van der Waals surface area contributed by atoms with E-state index in [-0.39, 0.29) is 12.4 Å². The van der Waals surface area contributed by atoms with Crippen LogP contribution in [0.4, 0.5) is 0 Å². The molecule has 0 saturated carbocycles. The van der Waals surface area contributed by atoms with Crippen LogP contribution in [0.5, 0.6) is 5.75 Å². The van der Waals surface area contributed by atoms with Crippen LogP contribution in [-0.2, 0) is 9.53 Å². The Morgan fingerprint density at radius 1 is 1.19 bits per heavy atom. The molecule has 0 aliphatic carbocycles. The first-order chi connectivity index (χ1) is 13.0. The molecule has 8 heteroatoms. The number of fused-ring (bicyclic) bond motifs is 1. The van der Waals surface area contributed by atoms with Crippen LogP contribution < -0.4 is 10.2 Å². The number of amides is 1. The van der Waals surface area contributed by atoms with Crippen LogP contribution in [0, 0.1) is 0 Å². The number of hydrogen-bond donors (Lipinski definition) is 1. The van der Waals surface area contributed by atoms with Gasteiger partial charge in [-0.2, -0.15) is 5.10 Å². The molecule has 1 heterocycles. The molecule has 138 valence electrons. The van der Waals surface area contributed by atoms with Gasteiger partial charge in [-0.1, -0.05) is 11.6 Å². The molecule has 2 aromatic carbocycles. The second-order valence-corrected chi connectivity index (χ2v) is 5.86. The van der Waals surface area contributed by atoms with Crippen molar-refractivity contribution in [1.29, 1.82) is 0 Å². The van der Waals surface area contributed by atoms with Crippen LogP contribution in [0.1, 0.15) is 16.1 Å². The molecule has 1 aromatic heterocycles. The number of ether oxygens (including phenoxy) is 2. The maximum absolute atomic E-state index is 12.1. The summed E-state index contributed by atoms with van der Waals surface area (Å²) in [5, 5.41) is 5.19. The van der Waals surface area contributed by atoms with E-state index in [1.807, 2.05) is 0 Å². The molecule has 7 nitrogen and oxygen atoms in total. The van der Waals surface area contributed by atoms with Gasteiger partial charge in [0, 0.05) is 10.4 Å². The first kappa shape index (κ1) is 18.5. The number of benzene rings is 2. The molecule has 27 heavy (non-hydrogen) atoms. The number of carbonyl (C=O) groups is 2. The number of furan rings is 1. The quantitative estimate of drug-likeness (QED) is 0.398. The zero-order valence-corrected chi connectivity index (χ0v) is 15.0. The highest BCUT2D eigenvalue weighted by atomic mass is 35.5. The molecule has 0 atom stereocenters. The zero-order chi connectivity index (χ0) is 19.2. The summed E-state index contributed by atoms with van der Waals surface area (Å²) in [6.45, 7) is -0.164. The van der Waals surface area contributed by atoms with E-state index >= 15 is 0 Å². The Morgan fingerprint density at radius 3 is 2.70 bits per heavy atom. The first-order valence-electron chi connectivity index (χ1n) is 7.87. The molecule has 0 radical (unpaired) electrons. The predicted molar refractivity (Wildman–Crippen MR) is 100 cm³/mol. The van der Waals surface area contributed by atoms with Gasteiger partial charge in [0.25, 0.3) is 0 Å². The fraction of sp³-hybridized carbons (Fsp3) is 0.105. The number of halogens is 1. The fourth-order valence-electron chi connectivity index (χ4n) is 2.20. The molecule has 1 N–H and O–H groups in total. The third-order valence-corrected chi connectivity index (χ3v) is 3.78. The van der Waals surface area contributed by atoms with Crippen molar-refractivity contribution < 1.29 is 23.5 Å².